The molecule has 5 rings (SSSR count). The van der Waals surface area contributed by atoms with E-state index >= 15 is 0 Å². The lowest BCUT2D eigenvalue weighted by atomic mass is 10.1. The van der Waals surface area contributed by atoms with E-state index in [2.05, 4.69) is 5.32 Å². The first-order valence-corrected chi connectivity index (χ1v) is 10.7. The van der Waals surface area contributed by atoms with Crippen molar-refractivity contribution in [1.29, 1.82) is 0 Å². The summed E-state index contributed by atoms with van der Waals surface area (Å²) in [5, 5.41) is 16.3. The molecule has 1 heterocycles. The number of carbonyl (C=O) groups is 1. The molecule has 0 aliphatic rings. The van der Waals surface area contributed by atoms with Crippen LogP contribution in [0.1, 0.15) is 15.9 Å². The minimum absolute atomic E-state index is 0.0151. The summed E-state index contributed by atoms with van der Waals surface area (Å²) < 4.78 is 0. The Kier molecular flexibility index (Phi) is 5.54. The topological polar surface area (TPSA) is 85.1 Å². The maximum absolute atomic E-state index is 12.6. The number of nitro benzene ring substituents is 1. The number of fused-ring (bicyclic) bond motifs is 2. The molecule has 0 saturated heterocycles. The molecule has 0 aliphatic carbocycles. The van der Waals surface area contributed by atoms with E-state index in [4.69, 9.17) is 4.98 Å². The van der Waals surface area contributed by atoms with Gasteiger partial charge in [0.05, 0.1) is 21.6 Å². The Morgan fingerprint density at radius 3 is 1.97 bits per heavy atom. The number of aromatic nitrogens is 1. The van der Waals surface area contributed by atoms with Gasteiger partial charge in [0, 0.05) is 34.2 Å². The average molecular weight is 445 g/mol. The van der Waals surface area contributed by atoms with Crippen molar-refractivity contribution in [2.24, 2.45) is 0 Å². The second-order valence-electron chi connectivity index (χ2n) is 7.77. The van der Waals surface area contributed by atoms with Crippen molar-refractivity contribution in [1.82, 2.24) is 4.98 Å². The predicted molar refractivity (Wildman–Crippen MR) is 135 cm³/mol. The third-order valence-corrected chi connectivity index (χ3v) is 5.56. The molecule has 0 aliphatic heterocycles. The highest BCUT2D eigenvalue weighted by Gasteiger charge is 2.10. The Balaban J connectivity index is 1.38. The van der Waals surface area contributed by atoms with Gasteiger partial charge in [-0.2, -0.15) is 0 Å². The van der Waals surface area contributed by atoms with E-state index in [0.29, 0.717) is 11.1 Å². The molecular weight excluding hydrogens is 426 g/mol. The Labute approximate surface area is 195 Å². The van der Waals surface area contributed by atoms with Gasteiger partial charge in [0.15, 0.2) is 5.78 Å². The summed E-state index contributed by atoms with van der Waals surface area (Å²) in [6.07, 6.45) is 3.11. The van der Waals surface area contributed by atoms with Crippen LogP contribution < -0.4 is 5.32 Å². The number of ketones is 1. The molecule has 0 atom stereocenters. The first-order chi connectivity index (χ1) is 16.6. The Morgan fingerprint density at radius 1 is 0.794 bits per heavy atom. The highest BCUT2D eigenvalue weighted by atomic mass is 16.6. The molecular formula is C28H19N3O3. The molecule has 0 saturated carbocycles. The SMILES string of the molecule is O=C(/C=C/c1ccc([N+](=O)[O-])cc1)c1ccc(Nc2c3ccccc3nc3ccccc23)cc1. The van der Waals surface area contributed by atoms with E-state index < -0.39 is 4.92 Å². The fraction of sp³-hybridized carbons (Fsp3) is 0. The van der Waals surface area contributed by atoms with Crippen LogP contribution in [0.2, 0.25) is 0 Å². The number of carbonyl (C=O) groups excluding carboxylic acids is 1. The van der Waals surface area contributed by atoms with Crippen molar-refractivity contribution in [2.45, 2.75) is 0 Å². The molecule has 0 amide bonds. The van der Waals surface area contributed by atoms with E-state index in [-0.39, 0.29) is 11.5 Å². The zero-order chi connectivity index (χ0) is 23.5. The highest BCUT2D eigenvalue weighted by Crippen LogP contribution is 2.33. The number of benzene rings is 4. The molecule has 6 heteroatoms. The number of allylic oxidation sites excluding steroid dienone is 1. The summed E-state index contributed by atoms with van der Waals surface area (Å²) in [6, 6.07) is 29.3. The van der Waals surface area contributed by atoms with Gasteiger partial charge in [-0.3, -0.25) is 14.9 Å². The van der Waals surface area contributed by atoms with Gasteiger partial charge < -0.3 is 5.32 Å². The van der Waals surface area contributed by atoms with Crippen molar-refractivity contribution in [3.63, 3.8) is 0 Å². The van der Waals surface area contributed by atoms with Gasteiger partial charge in [-0.1, -0.05) is 42.5 Å². The lowest BCUT2D eigenvalue weighted by molar-refractivity contribution is -0.384. The zero-order valence-corrected chi connectivity index (χ0v) is 18.0. The summed E-state index contributed by atoms with van der Waals surface area (Å²) >= 11 is 0. The molecule has 0 radical (unpaired) electrons. The quantitative estimate of drug-likeness (QED) is 0.101. The number of hydrogen-bond acceptors (Lipinski definition) is 5. The third-order valence-electron chi connectivity index (χ3n) is 5.56. The lowest BCUT2D eigenvalue weighted by Gasteiger charge is -2.13. The number of nitrogens with zero attached hydrogens (tertiary/aromatic N) is 2. The first-order valence-electron chi connectivity index (χ1n) is 10.7. The number of anilines is 2. The number of non-ortho nitro benzene ring substituents is 1. The fourth-order valence-corrected chi connectivity index (χ4v) is 3.81. The van der Waals surface area contributed by atoms with Gasteiger partial charge in [0.1, 0.15) is 0 Å². The van der Waals surface area contributed by atoms with Gasteiger partial charge in [0.2, 0.25) is 0 Å². The molecule has 6 nitrogen and oxygen atoms in total. The van der Waals surface area contributed by atoms with Crippen molar-refractivity contribution < 1.29 is 9.72 Å². The molecule has 1 aromatic heterocycles. The number of rotatable bonds is 6. The van der Waals surface area contributed by atoms with Crippen LogP contribution in [0.15, 0.2) is 103 Å². The average Bonchev–Trinajstić information content (AvgIpc) is 2.88. The molecule has 4 aromatic carbocycles. The highest BCUT2D eigenvalue weighted by molar-refractivity contribution is 6.09. The van der Waals surface area contributed by atoms with Crippen molar-refractivity contribution in [3.8, 4) is 0 Å². The zero-order valence-electron chi connectivity index (χ0n) is 18.0. The van der Waals surface area contributed by atoms with Crippen molar-refractivity contribution in [2.75, 3.05) is 5.32 Å². The Morgan fingerprint density at radius 2 is 1.38 bits per heavy atom. The van der Waals surface area contributed by atoms with E-state index in [0.717, 1.165) is 33.2 Å². The molecule has 0 fully saturated rings. The Bertz CT molecular complexity index is 1500. The summed E-state index contributed by atoms with van der Waals surface area (Å²) in [4.78, 5) is 27.6. The van der Waals surface area contributed by atoms with Crippen LogP contribution >= 0.6 is 0 Å². The van der Waals surface area contributed by atoms with Gasteiger partial charge >= 0.3 is 0 Å². The molecule has 164 valence electrons. The van der Waals surface area contributed by atoms with E-state index in [1.54, 1.807) is 30.3 Å². The number of nitrogens with one attached hydrogen (secondary N) is 1. The van der Waals surface area contributed by atoms with Crippen LogP contribution in [-0.2, 0) is 0 Å². The fourth-order valence-electron chi connectivity index (χ4n) is 3.81. The summed E-state index contributed by atoms with van der Waals surface area (Å²) in [5.41, 5.74) is 4.93. The second-order valence-corrected chi connectivity index (χ2v) is 7.77. The maximum atomic E-state index is 12.6. The van der Waals surface area contributed by atoms with Gasteiger partial charge in [-0.25, -0.2) is 4.98 Å². The molecule has 0 spiro atoms. The third kappa shape index (κ3) is 4.25. The maximum Gasteiger partial charge on any atom is 0.269 e. The molecule has 0 bridgehead atoms. The van der Waals surface area contributed by atoms with E-state index in [9.17, 15) is 14.9 Å². The second kappa shape index (κ2) is 8.96. The predicted octanol–water partition coefficient (Wildman–Crippen LogP) is 6.94. The molecule has 1 N–H and O–H groups in total. The smallest absolute Gasteiger partial charge is 0.269 e. The minimum atomic E-state index is -0.453. The van der Waals surface area contributed by atoms with Crippen LogP contribution in [0.3, 0.4) is 0 Å². The summed E-state index contributed by atoms with van der Waals surface area (Å²) in [5.74, 6) is -0.148. The van der Waals surface area contributed by atoms with Gasteiger partial charge in [-0.05, 0) is 60.2 Å². The van der Waals surface area contributed by atoms with Crippen molar-refractivity contribution >= 4 is 50.7 Å². The number of hydrogen-bond donors (Lipinski definition) is 1. The standard InChI is InChI=1S/C28H19N3O3/c32-27(18-11-19-9-16-22(17-10-19)31(33)34)20-12-14-21(15-13-20)29-28-23-5-1-3-7-25(23)30-26-8-4-2-6-24(26)28/h1-18H,(H,29,30)/b18-11+. The number of pyridine rings is 1. The van der Waals surface area contributed by atoms with Crippen LogP contribution in [0.25, 0.3) is 27.9 Å². The minimum Gasteiger partial charge on any atom is -0.354 e. The molecule has 0 unspecified atom stereocenters. The molecule has 34 heavy (non-hydrogen) atoms. The number of para-hydroxylation sites is 2. The van der Waals surface area contributed by atoms with Crippen LogP contribution in [0, 0.1) is 10.1 Å². The lowest BCUT2D eigenvalue weighted by Crippen LogP contribution is -1.97. The monoisotopic (exact) mass is 445 g/mol. The van der Waals surface area contributed by atoms with Gasteiger partial charge in [0.25, 0.3) is 5.69 Å². The van der Waals surface area contributed by atoms with Crippen LogP contribution in [0.4, 0.5) is 17.1 Å². The van der Waals surface area contributed by atoms with E-state index in [1.807, 2.05) is 60.7 Å². The first kappa shape index (κ1) is 21.0. The van der Waals surface area contributed by atoms with Crippen LogP contribution in [0.5, 0.6) is 0 Å². The molecule has 5 aromatic rings. The van der Waals surface area contributed by atoms with Gasteiger partial charge in [-0.15, -0.1) is 0 Å². The van der Waals surface area contributed by atoms with Crippen LogP contribution in [-0.4, -0.2) is 15.7 Å². The van der Waals surface area contributed by atoms with E-state index in [1.165, 1.54) is 18.2 Å². The largest absolute Gasteiger partial charge is 0.354 e. The number of nitro groups is 1. The Hall–Kier alpha value is -4.84. The van der Waals surface area contributed by atoms with Crippen molar-refractivity contribution in [3.05, 3.63) is 124 Å². The normalized spacial score (nSPS) is 11.2. The summed E-state index contributed by atoms with van der Waals surface area (Å²) in [6.45, 7) is 0. The summed E-state index contributed by atoms with van der Waals surface area (Å²) in [7, 11) is 0.